The normalized spacial score (nSPS) is 16.5. The number of amides is 1. The lowest BCUT2D eigenvalue weighted by atomic mass is 9.83. The van der Waals surface area contributed by atoms with Crippen molar-refractivity contribution in [3.8, 4) is 5.75 Å². The average Bonchev–Trinajstić information content (AvgIpc) is 2.87. The van der Waals surface area contributed by atoms with E-state index in [1.807, 2.05) is 24.3 Å². The van der Waals surface area contributed by atoms with Crippen molar-refractivity contribution < 1.29 is 17.9 Å². The van der Waals surface area contributed by atoms with Gasteiger partial charge in [0.05, 0.1) is 16.6 Å². The van der Waals surface area contributed by atoms with Crippen LogP contribution in [0.15, 0.2) is 77.7 Å². The number of para-hydroxylation sites is 1. The van der Waals surface area contributed by atoms with Crippen LogP contribution in [0, 0.1) is 0 Å². The predicted octanol–water partition coefficient (Wildman–Crippen LogP) is 6.39. The summed E-state index contributed by atoms with van der Waals surface area (Å²) in [5, 5.41) is 3.59. The molecular weight excluding hydrogens is 519 g/mol. The molecule has 1 N–H and O–H groups in total. The Kier molecular flexibility index (Phi) is 7.83. The molecule has 0 saturated carbocycles. The smallest absolute Gasteiger partial charge is 0.264 e. The zero-order valence-electron chi connectivity index (χ0n) is 20.1. The number of carbonyl (C=O) groups excluding carboxylic acids is 1. The van der Waals surface area contributed by atoms with Gasteiger partial charge < -0.3 is 10.1 Å². The van der Waals surface area contributed by atoms with E-state index in [0.29, 0.717) is 6.42 Å². The number of fused-ring (bicyclic) bond motifs is 1. The summed E-state index contributed by atoms with van der Waals surface area (Å²) < 4.78 is 34.6. The second-order valence-corrected chi connectivity index (χ2v) is 11.5. The maximum absolute atomic E-state index is 13.6. The highest BCUT2D eigenvalue weighted by molar-refractivity contribution is 7.92. The Hall–Kier alpha value is -2.74. The van der Waals surface area contributed by atoms with Gasteiger partial charge in [0, 0.05) is 22.0 Å². The van der Waals surface area contributed by atoms with Gasteiger partial charge in [0.15, 0.2) is 0 Å². The number of carbonyl (C=O) groups is 1. The zero-order chi connectivity index (χ0) is 25.9. The number of hydrogen-bond donors (Lipinski definition) is 1. The molecule has 4 rings (SSSR count). The Morgan fingerprint density at radius 3 is 2.25 bits per heavy atom. The molecule has 190 valence electrons. The summed E-state index contributed by atoms with van der Waals surface area (Å²) in [6, 6.07) is 19.7. The first-order valence-electron chi connectivity index (χ1n) is 11.8. The van der Waals surface area contributed by atoms with E-state index in [0.717, 1.165) is 28.5 Å². The molecule has 0 unspecified atom stereocenters. The summed E-state index contributed by atoms with van der Waals surface area (Å²) >= 11 is 12.4. The van der Waals surface area contributed by atoms with Crippen molar-refractivity contribution in [2.45, 2.75) is 49.6 Å². The highest BCUT2D eigenvalue weighted by Crippen LogP contribution is 2.42. The molecule has 1 atom stereocenters. The summed E-state index contributed by atoms with van der Waals surface area (Å²) in [4.78, 5) is 13.5. The SMILES string of the molecule is CCC1(CC)C[C@H](NC(=O)CN(c2cc(Cl)cc(Cl)c2)S(=O)(=O)c2ccccc2)c2ccccc2O1. The molecule has 0 bridgehead atoms. The third-order valence-electron chi connectivity index (χ3n) is 6.57. The lowest BCUT2D eigenvalue weighted by Gasteiger charge is -2.41. The van der Waals surface area contributed by atoms with E-state index in [4.69, 9.17) is 27.9 Å². The van der Waals surface area contributed by atoms with Gasteiger partial charge in [0.1, 0.15) is 17.9 Å². The van der Waals surface area contributed by atoms with Crippen molar-refractivity contribution in [3.05, 3.63) is 88.4 Å². The summed E-state index contributed by atoms with van der Waals surface area (Å²) in [5.74, 6) is 0.279. The molecule has 1 aliphatic rings. The third-order valence-corrected chi connectivity index (χ3v) is 8.80. The van der Waals surface area contributed by atoms with Gasteiger partial charge in [-0.2, -0.15) is 0 Å². The predicted molar refractivity (Wildman–Crippen MR) is 143 cm³/mol. The summed E-state index contributed by atoms with van der Waals surface area (Å²) in [6.45, 7) is 3.68. The summed E-state index contributed by atoms with van der Waals surface area (Å²) in [6.07, 6.45) is 2.14. The van der Waals surface area contributed by atoms with Crippen molar-refractivity contribution in [2.24, 2.45) is 0 Å². The first-order valence-corrected chi connectivity index (χ1v) is 14.0. The second kappa shape index (κ2) is 10.7. The number of hydrogen-bond acceptors (Lipinski definition) is 4. The molecule has 0 radical (unpaired) electrons. The molecule has 0 saturated heterocycles. The molecule has 1 amide bonds. The second-order valence-electron chi connectivity index (χ2n) is 8.81. The Balaban J connectivity index is 1.67. The summed E-state index contributed by atoms with van der Waals surface area (Å²) in [7, 11) is -4.09. The number of rotatable bonds is 8. The standard InChI is InChI=1S/C27H28Cl2N2O4S/c1-3-27(4-2)17-24(23-12-8-9-13-25(23)35-27)30-26(32)18-31(21-15-19(28)14-20(29)16-21)36(33,34)22-10-6-5-7-11-22/h5-16,24H,3-4,17-18H2,1-2H3,(H,30,32)/t24-/m0/s1. The van der Waals surface area contributed by atoms with Crippen LogP contribution in [0.2, 0.25) is 10.0 Å². The van der Waals surface area contributed by atoms with E-state index < -0.39 is 28.1 Å². The first-order chi connectivity index (χ1) is 17.2. The molecule has 0 aliphatic carbocycles. The fourth-order valence-electron chi connectivity index (χ4n) is 4.52. The fourth-order valence-corrected chi connectivity index (χ4v) is 6.46. The molecule has 36 heavy (non-hydrogen) atoms. The Bertz CT molecular complexity index is 1320. The molecule has 0 spiro atoms. The first kappa shape index (κ1) is 26.3. The van der Waals surface area contributed by atoms with E-state index in [2.05, 4.69) is 19.2 Å². The van der Waals surface area contributed by atoms with Crippen LogP contribution in [0.1, 0.15) is 44.7 Å². The highest BCUT2D eigenvalue weighted by atomic mass is 35.5. The topological polar surface area (TPSA) is 75.7 Å². The van der Waals surface area contributed by atoms with Gasteiger partial charge in [-0.05, 0) is 49.2 Å². The molecule has 1 heterocycles. The van der Waals surface area contributed by atoms with Crippen molar-refractivity contribution >= 4 is 44.8 Å². The monoisotopic (exact) mass is 546 g/mol. The van der Waals surface area contributed by atoms with E-state index in [-0.39, 0.29) is 26.7 Å². The van der Waals surface area contributed by atoms with Crippen LogP contribution in [-0.2, 0) is 14.8 Å². The van der Waals surface area contributed by atoms with Crippen LogP contribution in [0.3, 0.4) is 0 Å². The number of halogens is 2. The van der Waals surface area contributed by atoms with Gasteiger partial charge in [0.2, 0.25) is 5.91 Å². The molecule has 1 aliphatic heterocycles. The van der Waals surface area contributed by atoms with E-state index in [1.165, 1.54) is 30.3 Å². The van der Waals surface area contributed by atoms with Gasteiger partial charge in [0.25, 0.3) is 10.0 Å². The highest BCUT2D eigenvalue weighted by Gasteiger charge is 2.39. The number of sulfonamides is 1. The lowest BCUT2D eigenvalue weighted by molar-refractivity contribution is -0.121. The van der Waals surface area contributed by atoms with Crippen LogP contribution in [0.25, 0.3) is 0 Å². The Morgan fingerprint density at radius 2 is 1.61 bits per heavy atom. The zero-order valence-corrected chi connectivity index (χ0v) is 22.4. The molecule has 3 aromatic rings. The van der Waals surface area contributed by atoms with Gasteiger partial charge >= 0.3 is 0 Å². The van der Waals surface area contributed by atoms with Gasteiger partial charge in [-0.1, -0.05) is 73.4 Å². The van der Waals surface area contributed by atoms with Gasteiger partial charge in [-0.25, -0.2) is 8.42 Å². The molecule has 3 aromatic carbocycles. The maximum atomic E-state index is 13.6. The minimum absolute atomic E-state index is 0.0568. The van der Waals surface area contributed by atoms with Crippen molar-refractivity contribution in [1.29, 1.82) is 0 Å². The maximum Gasteiger partial charge on any atom is 0.264 e. The number of nitrogens with one attached hydrogen (secondary N) is 1. The van der Waals surface area contributed by atoms with Crippen molar-refractivity contribution in [2.75, 3.05) is 10.8 Å². The van der Waals surface area contributed by atoms with Crippen molar-refractivity contribution in [1.82, 2.24) is 5.32 Å². The molecular formula is C27H28Cl2N2O4S. The average molecular weight is 548 g/mol. The number of ether oxygens (including phenoxy) is 1. The minimum Gasteiger partial charge on any atom is -0.487 e. The number of nitrogens with zero attached hydrogens (tertiary/aromatic N) is 1. The molecule has 6 nitrogen and oxygen atoms in total. The lowest BCUT2D eigenvalue weighted by Crippen LogP contribution is -2.47. The van der Waals surface area contributed by atoms with Crippen LogP contribution < -0.4 is 14.4 Å². The number of anilines is 1. The van der Waals surface area contributed by atoms with E-state index in [1.54, 1.807) is 18.2 Å². The molecule has 9 heteroatoms. The van der Waals surface area contributed by atoms with Gasteiger partial charge in [-0.3, -0.25) is 9.10 Å². The largest absolute Gasteiger partial charge is 0.487 e. The van der Waals surface area contributed by atoms with Crippen LogP contribution >= 0.6 is 23.2 Å². The summed E-state index contributed by atoms with van der Waals surface area (Å²) in [5.41, 5.74) is 0.657. The van der Waals surface area contributed by atoms with Crippen LogP contribution in [-0.4, -0.2) is 26.5 Å². The Morgan fingerprint density at radius 1 is 1.00 bits per heavy atom. The molecule has 0 fully saturated rings. The van der Waals surface area contributed by atoms with Crippen molar-refractivity contribution in [3.63, 3.8) is 0 Å². The molecule has 0 aromatic heterocycles. The van der Waals surface area contributed by atoms with E-state index >= 15 is 0 Å². The van der Waals surface area contributed by atoms with Crippen LogP contribution in [0.5, 0.6) is 5.75 Å². The van der Waals surface area contributed by atoms with Crippen LogP contribution in [0.4, 0.5) is 5.69 Å². The fraction of sp³-hybridized carbons (Fsp3) is 0.296. The Labute approximate surface area is 222 Å². The van der Waals surface area contributed by atoms with E-state index in [9.17, 15) is 13.2 Å². The minimum atomic E-state index is -4.09. The third kappa shape index (κ3) is 5.48. The van der Waals surface area contributed by atoms with Gasteiger partial charge in [-0.15, -0.1) is 0 Å². The number of benzene rings is 3. The quantitative estimate of drug-likeness (QED) is 0.355.